The third-order valence-electron chi connectivity index (χ3n) is 7.43. The molecule has 1 saturated heterocycles. The molecule has 2 aliphatic carbocycles. The maximum atomic E-state index is 13.5. The van der Waals surface area contributed by atoms with Gasteiger partial charge >= 0.3 is 52.0 Å². The number of rotatable bonds is 6. The predicted molar refractivity (Wildman–Crippen MR) is 134 cm³/mol. The Kier molecular flexibility index (Phi) is 8.73. The molecule has 1 aromatic carbocycles. The van der Waals surface area contributed by atoms with Crippen molar-refractivity contribution in [3.05, 3.63) is 40.7 Å². The van der Waals surface area contributed by atoms with E-state index in [-0.39, 0.29) is 62.6 Å². The molecule has 1 fully saturated rings. The molecule has 2 aromatic rings. The van der Waals surface area contributed by atoms with Crippen molar-refractivity contribution < 1.29 is 57.4 Å². The third kappa shape index (κ3) is 6.33. The molecule has 38 heavy (non-hydrogen) atoms. The Balaban J connectivity index is 0.00000210. The number of fused-ring (bicyclic) bond motifs is 2. The summed E-state index contributed by atoms with van der Waals surface area (Å²) in [6.07, 6.45) is 4.49. The number of nitrogens with zero attached hydrogens (tertiary/aromatic N) is 4. The van der Waals surface area contributed by atoms with Gasteiger partial charge in [0.05, 0.1) is 18.4 Å². The largest absolute Gasteiger partial charge is 1.00 e. The van der Waals surface area contributed by atoms with E-state index in [0.717, 1.165) is 59.6 Å². The molecule has 0 radical (unpaired) electrons. The number of likely N-dealkylation sites (tertiary alicyclic amines) is 1. The van der Waals surface area contributed by atoms with Gasteiger partial charge in [-0.3, -0.25) is 9.58 Å². The van der Waals surface area contributed by atoms with Gasteiger partial charge in [0.2, 0.25) is 0 Å². The molecule has 1 aromatic heterocycles. The van der Waals surface area contributed by atoms with Crippen LogP contribution in [0.2, 0.25) is 0 Å². The summed E-state index contributed by atoms with van der Waals surface area (Å²) in [6.45, 7) is -0.859. The normalized spacial score (nSPS) is 18.0. The molecule has 0 atom stereocenters. The van der Waals surface area contributed by atoms with Gasteiger partial charge < -0.3 is 6.74 Å². The molecule has 204 valence electrons. The first kappa shape index (κ1) is 29.2. The molecule has 2 N–H and O–H groups in total. The number of aromatic nitrogens is 2. The minimum Gasteiger partial charge on any atom is -1.00 e. The molecular formula is C24H32F3N6NaO3S. The zero-order valence-corrected chi connectivity index (χ0v) is 24.5. The second-order valence-electron chi connectivity index (χ2n) is 10.1. The fourth-order valence-corrected chi connectivity index (χ4v) is 7.26. The van der Waals surface area contributed by atoms with E-state index in [1.165, 1.54) is 33.1 Å². The van der Waals surface area contributed by atoms with Crippen LogP contribution in [0.15, 0.2) is 18.5 Å². The van der Waals surface area contributed by atoms with Crippen LogP contribution in [0.3, 0.4) is 0 Å². The third-order valence-corrected chi connectivity index (χ3v) is 8.90. The molecule has 0 spiro atoms. The van der Waals surface area contributed by atoms with Crippen LogP contribution in [0, 0.1) is 0 Å². The molecule has 9 nitrogen and oxygen atoms in total. The van der Waals surface area contributed by atoms with E-state index in [0.29, 0.717) is 0 Å². The van der Waals surface area contributed by atoms with Crippen molar-refractivity contribution >= 4 is 27.6 Å². The number of nitrogens with one attached hydrogen (secondary N) is 2. The molecule has 0 saturated carbocycles. The summed E-state index contributed by atoms with van der Waals surface area (Å²) < 4.78 is 70.3. The summed E-state index contributed by atoms with van der Waals surface area (Å²) >= 11 is 0. The second-order valence-corrected chi connectivity index (χ2v) is 11.6. The van der Waals surface area contributed by atoms with Crippen molar-refractivity contribution in [1.29, 1.82) is 0 Å². The SMILES string of the molecule is Cn1cc(N(C2CCN(CC(F)(F)F)CC2)S(=O)(=O)NC(=O)Nc2c3c(cc4c2CCC4)CCC3)cn1.[H-].[Na+]. The first-order chi connectivity index (χ1) is 17.5. The molecule has 3 aliphatic rings. The van der Waals surface area contributed by atoms with E-state index in [1.54, 1.807) is 7.05 Å². The Bertz CT molecular complexity index is 1270. The van der Waals surface area contributed by atoms with Crippen molar-refractivity contribution in [2.24, 2.45) is 7.05 Å². The summed E-state index contributed by atoms with van der Waals surface area (Å²) in [4.78, 5) is 14.3. The Morgan fingerprint density at radius 3 is 2.26 bits per heavy atom. The van der Waals surface area contributed by atoms with E-state index < -0.39 is 35.0 Å². The monoisotopic (exact) mass is 564 g/mol. The molecule has 14 heteroatoms. The Morgan fingerprint density at radius 2 is 1.74 bits per heavy atom. The van der Waals surface area contributed by atoms with Crippen molar-refractivity contribution in [3.63, 3.8) is 0 Å². The maximum Gasteiger partial charge on any atom is 1.00 e. The van der Waals surface area contributed by atoms with Gasteiger partial charge in [0.1, 0.15) is 0 Å². The minimum absolute atomic E-state index is 0. The minimum atomic E-state index is -4.38. The molecule has 2 amide bonds. The van der Waals surface area contributed by atoms with Gasteiger partial charge in [-0.2, -0.15) is 26.7 Å². The van der Waals surface area contributed by atoms with E-state index in [2.05, 4.69) is 21.2 Å². The number of urea groups is 1. The van der Waals surface area contributed by atoms with Gasteiger partial charge in [-0.05, 0) is 73.6 Å². The number of alkyl halides is 3. The summed E-state index contributed by atoms with van der Waals surface area (Å²) in [5.41, 5.74) is 5.55. The van der Waals surface area contributed by atoms with Crippen LogP contribution in [-0.2, 0) is 42.9 Å². The summed E-state index contributed by atoms with van der Waals surface area (Å²) in [5, 5.41) is 6.89. The van der Waals surface area contributed by atoms with Crippen LogP contribution in [0.4, 0.5) is 29.3 Å². The average molecular weight is 565 g/mol. The Morgan fingerprint density at radius 1 is 1.13 bits per heavy atom. The average Bonchev–Trinajstić information content (AvgIpc) is 3.54. The van der Waals surface area contributed by atoms with Crippen LogP contribution < -0.4 is 43.9 Å². The van der Waals surface area contributed by atoms with Crippen LogP contribution in [0.25, 0.3) is 0 Å². The number of benzene rings is 1. The fourth-order valence-electron chi connectivity index (χ4n) is 5.91. The molecule has 0 bridgehead atoms. The number of carbonyl (C=O) groups excluding carboxylic acids is 1. The number of piperidine rings is 1. The molecular weight excluding hydrogens is 532 g/mol. The smallest absolute Gasteiger partial charge is 1.00 e. The number of aryl methyl sites for hydroxylation is 3. The first-order valence-electron chi connectivity index (χ1n) is 12.6. The van der Waals surface area contributed by atoms with Gasteiger partial charge in [0, 0.05) is 38.1 Å². The quantitative estimate of drug-likeness (QED) is 0.496. The van der Waals surface area contributed by atoms with Crippen molar-refractivity contribution in [3.8, 4) is 0 Å². The van der Waals surface area contributed by atoms with Crippen molar-refractivity contribution in [2.75, 3.05) is 29.3 Å². The number of amides is 2. The second kappa shape index (κ2) is 11.4. The molecule has 5 rings (SSSR count). The standard InChI is InChI=1S/C24H31F3N6O3S.Na.H/c1-31-14-19(13-28-31)33(18-8-10-32(11-9-18)15-24(25,26)27)37(35,36)30-23(34)29-22-20-6-2-4-16(20)12-17-5-3-7-21(17)22;;/h12-14,18H,2-11,15H2,1H3,(H2,29,30,34);;/q;+1;-1. The zero-order chi connectivity index (χ0) is 26.4. The van der Waals surface area contributed by atoms with Gasteiger partial charge in [0.25, 0.3) is 0 Å². The predicted octanol–water partition coefficient (Wildman–Crippen LogP) is 0.414. The number of hydrogen-bond donors (Lipinski definition) is 2. The molecule has 1 aliphatic heterocycles. The van der Waals surface area contributed by atoms with Crippen LogP contribution in [0.5, 0.6) is 0 Å². The zero-order valence-electron chi connectivity index (χ0n) is 22.6. The van der Waals surface area contributed by atoms with Crippen LogP contribution in [0.1, 0.15) is 49.4 Å². The topological polar surface area (TPSA) is 99.6 Å². The van der Waals surface area contributed by atoms with Gasteiger partial charge in [-0.25, -0.2) is 13.8 Å². The number of hydrogen-bond acceptors (Lipinski definition) is 5. The first-order valence-corrected chi connectivity index (χ1v) is 14.0. The Hall–Kier alpha value is -1.80. The van der Waals surface area contributed by atoms with E-state index in [4.69, 9.17) is 0 Å². The Labute approximate surface area is 244 Å². The van der Waals surface area contributed by atoms with E-state index in [1.807, 2.05) is 0 Å². The van der Waals surface area contributed by atoms with E-state index in [9.17, 15) is 26.4 Å². The maximum absolute atomic E-state index is 13.5. The van der Waals surface area contributed by atoms with Crippen molar-refractivity contribution in [1.82, 2.24) is 19.4 Å². The van der Waals surface area contributed by atoms with Crippen molar-refractivity contribution in [2.45, 2.75) is 63.6 Å². The number of halogens is 3. The van der Waals surface area contributed by atoms with Gasteiger partial charge in [-0.15, -0.1) is 0 Å². The van der Waals surface area contributed by atoms with Gasteiger partial charge in [0.15, 0.2) is 0 Å². The summed E-state index contributed by atoms with van der Waals surface area (Å²) in [6, 6.07) is 0.752. The summed E-state index contributed by atoms with van der Waals surface area (Å²) in [7, 11) is -2.75. The summed E-state index contributed by atoms with van der Waals surface area (Å²) in [5.74, 6) is 0. The van der Waals surface area contributed by atoms with Gasteiger partial charge in [-0.1, -0.05) is 6.07 Å². The molecule has 2 heterocycles. The fraction of sp³-hybridized carbons (Fsp3) is 0.583. The number of carbonyl (C=O) groups is 1. The van der Waals surface area contributed by atoms with Crippen LogP contribution >= 0.6 is 0 Å². The van der Waals surface area contributed by atoms with E-state index >= 15 is 0 Å². The number of anilines is 2. The van der Waals surface area contributed by atoms with Crippen LogP contribution in [-0.4, -0.2) is 61.0 Å². The molecule has 0 unspecified atom stereocenters.